The number of aromatic nitrogens is 2. The van der Waals surface area contributed by atoms with Crippen molar-refractivity contribution < 1.29 is 0 Å². The SMILES string of the molecule is CC(C)NCCn1cncc(I)c1=O. The molecule has 0 aliphatic heterocycles. The molecule has 5 heteroatoms. The van der Waals surface area contributed by atoms with E-state index >= 15 is 0 Å². The molecular weight excluding hydrogens is 293 g/mol. The van der Waals surface area contributed by atoms with Crippen molar-refractivity contribution in [1.82, 2.24) is 14.9 Å². The molecule has 0 aliphatic carbocycles. The van der Waals surface area contributed by atoms with Gasteiger partial charge in [0.2, 0.25) is 0 Å². The molecule has 1 aromatic rings. The highest BCUT2D eigenvalue weighted by molar-refractivity contribution is 14.1. The topological polar surface area (TPSA) is 46.9 Å². The van der Waals surface area contributed by atoms with Crippen molar-refractivity contribution in [2.75, 3.05) is 6.54 Å². The van der Waals surface area contributed by atoms with Crippen LogP contribution >= 0.6 is 22.6 Å². The molecule has 0 aromatic carbocycles. The van der Waals surface area contributed by atoms with Crippen molar-refractivity contribution in [3.8, 4) is 0 Å². The molecule has 1 rings (SSSR count). The lowest BCUT2D eigenvalue weighted by Crippen LogP contribution is -2.31. The standard InChI is InChI=1S/C9H14IN3O/c1-7(2)12-3-4-13-6-11-5-8(10)9(13)14/h5-7,12H,3-4H2,1-2H3. The highest BCUT2D eigenvalue weighted by Gasteiger charge is 2.00. The van der Waals surface area contributed by atoms with Crippen LogP contribution in [0, 0.1) is 3.57 Å². The maximum absolute atomic E-state index is 11.5. The van der Waals surface area contributed by atoms with Crippen LogP contribution in [-0.4, -0.2) is 22.1 Å². The van der Waals surface area contributed by atoms with Crippen LogP contribution in [0.3, 0.4) is 0 Å². The summed E-state index contributed by atoms with van der Waals surface area (Å²) in [5.74, 6) is 0. The van der Waals surface area contributed by atoms with Crippen LogP contribution in [0.15, 0.2) is 17.3 Å². The van der Waals surface area contributed by atoms with Gasteiger partial charge in [0, 0.05) is 25.3 Å². The van der Waals surface area contributed by atoms with Crippen LogP contribution in [0.5, 0.6) is 0 Å². The Kier molecular flexibility index (Phi) is 4.53. The molecule has 1 aromatic heterocycles. The van der Waals surface area contributed by atoms with Crippen LogP contribution in [-0.2, 0) is 6.54 Å². The van der Waals surface area contributed by atoms with Gasteiger partial charge in [-0.3, -0.25) is 9.36 Å². The Balaban J connectivity index is 2.59. The summed E-state index contributed by atoms with van der Waals surface area (Å²) in [6, 6.07) is 0.446. The zero-order valence-corrected chi connectivity index (χ0v) is 10.5. The van der Waals surface area contributed by atoms with Gasteiger partial charge in [0.1, 0.15) is 0 Å². The zero-order valence-electron chi connectivity index (χ0n) is 8.33. The number of nitrogens with one attached hydrogen (secondary N) is 1. The lowest BCUT2D eigenvalue weighted by molar-refractivity contribution is 0.529. The first-order chi connectivity index (χ1) is 6.61. The lowest BCUT2D eigenvalue weighted by Gasteiger charge is -2.09. The minimum Gasteiger partial charge on any atom is -0.313 e. The molecule has 0 spiro atoms. The fraction of sp³-hybridized carbons (Fsp3) is 0.556. The van der Waals surface area contributed by atoms with Crippen molar-refractivity contribution >= 4 is 22.6 Å². The molecule has 0 saturated heterocycles. The van der Waals surface area contributed by atoms with Gasteiger partial charge in [-0.1, -0.05) is 13.8 Å². The van der Waals surface area contributed by atoms with E-state index in [1.165, 1.54) is 0 Å². The molecule has 14 heavy (non-hydrogen) atoms. The zero-order chi connectivity index (χ0) is 10.6. The second kappa shape index (κ2) is 5.45. The van der Waals surface area contributed by atoms with Crippen molar-refractivity contribution in [2.24, 2.45) is 0 Å². The van der Waals surface area contributed by atoms with Gasteiger partial charge in [-0.15, -0.1) is 0 Å². The molecule has 1 N–H and O–H groups in total. The molecule has 0 bridgehead atoms. The number of hydrogen-bond acceptors (Lipinski definition) is 3. The molecule has 0 atom stereocenters. The van der Waals surface area contributed by atoms with Gasteiger partial charge in [0.15, 0.2) is 0 Å². The summed E-state index contributed by atoms with van der Waals surface area (Å²) >= 11 is 2.00. The molecule has 78 valence electrons. The summed E-state index contributed by atoms with van der Waals surface area (Å²) in [7, 11) is 0. The van der Waals surface area contributed by atoms with E-state index in [9.17, 15) is 4.79 Å². The minimum absolute atomic E-state index is 0.0335. The van der Waals surface area contributed by atoms with Gasteiger partial charge in [0.25, 0.3) is 5.56 Å². The van der Waals surface area contributed by atoms with E-state index < -0.39 is 0 Å². The van der Waals surface area contributed by atoms with Crippen molar-refractivity contribution in [1.29, 1.82) is 0 Å². The van der Waals surface area contributed by atoms with E-state index in [2.05, 4.69) is 24.1 Å². The third-order valence-corrected chi connectivity index (χ3v) is 2.50. The Labute approximate surface area is 96.9 Å². The third kappa shape index (κ3) is 3.38. The van der Waals surface area contributed by atoms with E-state index in [1.807, 2.05) is 22.6 Å². The van der Waals surface area contributed by atoms with Crippen LogP contribution in [0.25, 0.3) is 0 Å². The normalized spacial score (nSPS) is 10.9. The average Bonchev–Trinajstić information content (AvgIpc) is 2.12. The van der Waals surface area contributed by atoms with Gasteiger partial charge in [-0.2, -0.15) is 0 Å². The molecular formula is C9H14IN3O. The van der Waals surface area contributed by atoms with E-state index in [1.54, 1.807) is 17.1 Å². The van der Waals surface area contributed by atoms with Gasteiger partial charge in [-0.25, -0.2) is 4.98 Å². The summed E-state index contributed by atoms with van der Waals surface area (Å²) < 4.78 is 2.28. The van der Waals surface area contributed by atoms with E-state index in [4.69, 9.17) is 0 Å². The quantitative estimate of drug-likeness (QED) is 0.839. The van der Waals surface area contributed by atoms with Gasteiger partial charge < -0.3 is 5.32 Å². The Morgan fingerprint density at radius 2 is 2.36 bits per heavy atom. The highest BCUT2D eigenvalue weighted by Crippen LogP contribution is 1.92. The largest absolute Gasteiger partial charge is 0.313 e. The van der Waals surface area contributed by atoms with Crippen LogP contribution in [0.4, 0.5) is 0 Å². The Hall–Kier alpha value is -0.430. The number of nitrogens with zero attached hydrogens (tertiary/aromatic N) is 2. The molecule has 0 fully saturated rings. The first kappa shape index (κ1) is 11.6. The fourth-order valence-electron chi connectivity index (χ4n) is 1.06. The summed E-state index contributed by atoms with van der Waals surface area (Å²) in [6.45, 7) is 5.62. The number of hydrogen-bond donors (Lipinski definition) is 1. The summed E-state index contributed by atoms with van der Waals surface area (Å²) in [5, 5.41) is 3.25. The van der Waals surface area contributed by atoms with Crippen LogP contribution in [0.2, 0.25) is 0 Å². The minimum atomic E-state index is 0.0335. The van der Waals surface area contributed by atoms with E-state index in [0.717, 1.165) is 6.54 Å². The van der Waals surface area contributed by atoms with Gasteiger partial charge in [0.05, 0.1) is 9.90 Å². The number of rotatable bonds is 4. The van der Waals surface area contributed by atoms with E-state index in [-0.39, 0.29) is 5.56 Å². The predicted molar refractivity (Wildman–Crippen MR) is 64.4 cm³/mol. The highest BCUT2D eigenvalue weighted by atomic mass is 127. The Morgan fingerprint density at radius 1 is 1.64 bits per heavy atom. The smallest absolute Gasteiger partial charge is 0.266 e. The van der Waals surface area contributed by atoms with Gasteiger partial charge in [-0.05, 0) is 22.6 Å². The third-order valence-electron chi connectivity index (χ3n) is 1.76. The molecule has 0 unspecified atom stereocenters. The second-order valence-electron chi connectivity index (χ2n) is 3.35. The first-order valence-electron chi connectivity index (χ1n) is 4.54. The van der Waals surface area contributed by atoms with Crippen LogP contribution in [0.1, 0.15) is 13.8 Å². The molecule has 0 amide bonds. The first-order valence-corrected chi connectivity index (χ1v) is 5.62. The maximum Gasteiger partial charge on any atom is 0.266 e. The molecule has 4 nitrogen and oxygen atoms in total. The lowest BCUT2D eigenvalue weighted by atomic mass is 10.4. The van der Waals surface area contributed by atoms with Crippen molar-refractivity contribution in [2.45, 2.75) is 26.4 Å². The summed E-state index contributed by atoms with van der Waals surface area (Å²) in [4.78, 5) is 15.5. The predicted octanol–water partition coefficient (Wildman–Crippen LogP) is 0.846. The Bertz CT molecular complexity index is 348. The molecule has 0 aliphatic rings. The monoisotopic (exact) mass is 307 g/mol. The summed E-state index contributed by atoms with van der Waals surface area (Å²) in [5.41, 5.74) is 0.0335. The molecule has 1 heterocycles. The summed E-state index contributed by atoms with van der Waals surface area (Å²) in [6.07, 6.45) is 3.15. The second-order valence-corrected chi connectivity index (χ2v) is 4.51. The van der Waals surface area contributed by atoms with Crippen molar-refractivity contribution in [3.63, 3.8) is 0 Å². The van der Waals surface area contributed by atoms with Gasteiger partial charge >= 0.3 is 0 Å². The maximum atomic E-state index is 11.5. The molecule has 0 saturated carbocycles. The van der Waals surface area contributed by atoms with Crippen LogP contribution < -0.4 is 10.9 Å². The number of halogens is 1. The Morgan fingerprint density at radius 3 is 3.00 bits per heavy atom. The van der Waals surface area contributed by atoms with Crippen molar-refractivity contribution in [3.05, 3.63) is 26.4 Å². The average molecular weight is 307 g/mol. The van der Waals surface area contributed by atoms with E-state index in [0.29, 0.717) is 16.2 Å². The molecule has 0 radical (unpaired) electrons. The fourth-order valence-corrected chi connectivity index (χ4v) is 1.53.